The fourth-order valence-corrected chi connectivity index (χ4v) is 3.92. The number of carbonyl (C=O) groups is 1. The molecule has 0 unspecified atom stereocenters. The van der Waals surface area contributed by atoms with E-state index < -0.39 is 5.97 Å². The number of ether oxygens (including phenoxy) is 1. The van der Waals surface area contributed by atoms with Gasteiger partial charge in [-0.15, -0.1) is 11.8 Å². The third kappa shape index (κ3) is 6.19. The van der Waals surface area contributed by atoms with Gasteiger partial charge < -0.3 is 9.84 Å². The summed E-state index contributed by atoms with van der Waals surface area (Å²) in [5.74, 6) is 0.810. The predicted molar refractivity (Wildman–Crippen MR) is 110 cm³/mol. The molecule has 0 saturated carbocycles. The van der Waals surface area contributed by atoms with Crippen molar-refractivity contribution in [2.45, 2.75) is 24.0 Å². The van der Waals surface area contributed by atoms with E-state index in [0.717, 1.165) is 28.2 Å². The fourth-order valence-electron chi connectivity index (χ4n) is 2.72. The lowest BCUT2D eigenvalue weighted by Gasteiger charge is -2.15. The predicted octanol–water partition coefficient (Wildman–Crippen LogP) is 5.71. The maximum Gasteiger partial charge on any atom is 0.304 e. The van der Waals surface area contributed by atoms with Crippen LogP contribution in [-0.4, -0.2) is 11.1 Å². The lowest BCUT2D eigenvalue weighted by Crippen LogP contribution is -2.03. The second-order valence-corrected chi connectivity index (χ2v) is 7.42. The van der Waals surface area contributed by atoms with Crippen molar-refractivity contribution in [2.75, 3.05) is 0 Å². The molecule has 0 amide bonds. The lowest BCUT2D eigenvalue weighted by atomic mass is 10.1. The van der Waals surface area contributed by atoms with Crippen LogP contribution in [0.15, 0.2) is 84.9 Å². The fraction of sp³-hybridized carbons (Fsp3) is 0.174. The maximum absolute atomic E-state index is 11.2. The zero-order valence-corrected chi connectivity index (χ0v) is 15.8. The highest BCUT2D eigenvalue weighted by Gasteiger charge is 2.16. The van der Waals surface area contributed by atoms with E-state index in [1.807, 2.05) is 84.9 Å². The third-order valence-electron chi connectivity index (χ3n) is 4.15. The van der Waals surface area contributed by atoms with E-state index in [1.165, 1.54) is 0 Å². The smallest absolute Gasteiger partial charge is 0.304 e. The van der Waals surface area contributed by atoms with Crippen LogP contribution in [0.25, 0.3) is 0 Å². The van der Waals surface area contributed by atoms with Crippen molar-refractivity contribution in [3.63, 3.8) is 0 Å². The van der Waals surface area contributed by atoms with Gasteiger partial charge in [0, 0.05) is 11.0 Å². The molecule has 27 heavy (non-hydrogen) atoms. The Labute approximate surface area is 164 Å². The second kappa shape index (κ2) is 9.83. The molecular formula is C23H22O3S. The molecule has 3 nitrogen and oxygen atoms in total. The van der Waals surface area contributed by atoms with E-state index in [-0.39, 0.29) is 11.7 Å². The van der Waals surface area contributed by atoms with Gasteiger partial charge in [0.25, 0.3) is 0 Å². The Morgan fingerprint density at radius 1 is 0.852 bits per heavy atom. The highest BCUT2D eigenvalue weighted by atomic mass is 32.2. The average Bonchev–Trinajstić information content (AvgIpc) is 2.71. The highest BCUT2D eigenvalue weighted by molar-refractivity contribution is 7.98. The van der Waals surface area contributed by atoms with E-state index in [1.54, 1.807) is 11.8 Å². The molecule has 0 fully saturated rings. The average molecular weight is 378 g/mol. The first-order valence-corrected chi connectivity index (χ1v) is 9.89. The molecule has 3 aromatic carbocycles. The zero-order valence-electron chi connectivity index (χ0n) is 15.0. The van der Waals surface area contributed by atoms with Crippen LogP contribution in [0.4, 0.5) is 0 Å². The molecule has 1 atom stereocenters. The van der Waals surface area contributed by atoms with Crippen molar-refractivity contribution in [1.82, 2.24) is 0 Å². The summed E-state index contributed by atoms with van der Waals surface area (Å²) in [4.78, 5) is 11.2. The summed E-state index contributed by atoms with van der Waals surface area (Å²) in [7, 11) is 0. The maximum atomic E-state index is 11.2. The van der Waals surface area contributed by atoms with Crippen LogP contribution in [0.1, 0.15) is 28.4 Å². The minimum atomic E-state index is -0.777. The van der Waals surface area contributed by atoms with Crippen LogP contribution >= 0.6 is 11.8 Å². The van der Waals surface area contributed by atoms with E-state index in [2.05, 4.69) is 0 Å². The van der Waals surface area contributed by atoms with Gasteiger partial charge in [0.05, 0.1) is 6.42 Å². The van der Waals surface area contributed by atoms with E-state index in [9.17, 15) is 9.90 Å². The van der Waals surface area contributed by atoms with Gasteiger partial charge in [0.1, 0.15) is 12.4 Å². The molecule has 3 aromatic rings. The Bertz CT molecular complexity index is 833. The molecule has 0 aromatic heterocycles. The first kappa shape index (κ1) is 19.1. The molecule has 4 heteroatoms. The summed E-state index contributed by atoms with van der Waals surface area (Å²) < 4.78 is 5.81. The molecule has 0 heterocycles. The van der Waals surface area contributed by atoms with Crippen molar-refractivity contribution < 1.29 is 14.6 Å². The summed E-state index contributed by atoms with van der Waals surface area (Å²) in [5, 5.41) is 9.14. The SMILES string of the molecule is O=C(O)C[C@@H](SCc1ccc(OCc2ccccc2)cc1)c1ccccc1. The van der Waals surface area contributed by atoms with Gasteiger partial charge >= 0.3 is 5.97 Å². The Hall–Kier alpha value is -2.72. The van der Waals surface area contributed by atoms with Crippen molar-refractivity contribution in [2.24, 2.45) is 0 Å². The molecule has 0 aliphatic heterocycles. The number of thioether (sulfide) groups is 1. The summed E-state index contributed by atoms with van der Waals surface area (Å²) >= 11 is 1.65. The first-order valence-electron chi connectivity index (χ1n) is 8.85. The highest BCUT2D eigenvalue weighted by Crippen LogP contribution is 2.34. The molecule has 0 aliphatic carbocycles. The monoisotopic (exact) mass is 378 g/mol. The van der Waals surface area contributed by atoms with Crippen molar-refractivity contribution in [1.29, 1.82) is 0 Å². The molecule has 138 valence electrons. The van der Waals surface area contributed by atoms with Crippen molar-refractivity contribution in [3.8, 4) is 5.75 Å². The Morgan fingerprint density at radius 3 is 2.11 bits per heavy atom. The number of hydrogen-bond donors (Lipinski definition) is 1. The number of carboxylic acid groups (broad SMARTS) is 1. The quantitative estimate of drug-likeness (QED) is 0.518. The normalized spacial score (nSPS) is 11.7. The van der Waals surface area contributed by atoms with Crippen molar-refractivity contribution >= 4 is 17.7 Å². The van der Waals surface area contributed by atoms with Gasteiger partial charge in [0.2, 0.25) is 0 Å². The van der Waals surface area contributed by atoms with Crippen LogP contribution in [0.3, 0.4) is 0 Å². The van der Waals surface area contributed by atoms with Crippen LogP contribution < -0.4 is 4.74 Å². The number of carboxylic acids is 1. The third-order valence-corrected chi connectivity index (χ3v) is 5.50. The Balaban J connectivity index is 1.56. The number of benzene rings is 3. The van der Waals surface area contributed by atoms with E-state index in [0.29, 0.717) is 6.61 Å². The molecular weight excluding hydrogens is 356 g/mol. The first-order chi connectivity index (χ1) is 13.2. The van der Waals surface area contributed by atoms with Crippen LogP contribution in [0, 0.1) is 0 Å². The van der Waals surface area contributed by atoms with Crippen LogP contribution in [0.5, 0.6) is 5.75 Å². The van der Waals surface area contributed by atoms with Gasteiger partial charge in [-0.3, -0.25) is 4.79 Å². The largest absolute Gasteiger partial charge is 0.489 e. The second-order valence-electron chi connectivity index (χ2n) is 6.23. The van der Waals surface area contributed by atoms with Gasteiger partial charge in [-0.25, -0.2) is 0 Å². The van der Waals surface area contributed by atoms with E-state index >= 15 is 0 Å². The number of hydrogen-bond acceptors (Lipinski definition) is 3. The van der Waals surface area contributed by atoms with Gasteiger partial charge in [-0.05, 0) is 28.8 Å². The van der Waals surface area contributed by atoms with Crippen LogP contribution in [0.2, 0.25) is 0 Å². The molecule has 0 bridgehead atoms. The lowest BCUT2D eigenvalue weighted by molar-refractivity contribution is -0.137. The molecule has 0 radical (unpaired) electrons. The molecule has 1 N–H and O–H groups in total. The minimum Gasteiger partial charge on any atom is -0.489 e. The molecule has 3 rings (SSSR count). The van der Waals surface area contributed by atoms with Gasteiger partial charge in [0.15, 0.2) is 0 Å². The number of rotatable bonds is 9. The topological polar surface area (TPSA) is 46.5 Å². The standard InChI is InChI=1S/C23H22O3S/c24-23(25)15-22(20-9-5-2-6-10-20)27-17-19-11-13-21(14-12-19)26-16-18-7-3-1-4-8-18/h1-14,22H,15-17H2,(H,24,25)/t22-/m1/s1. The molecule has 0 spiro atoms. The molecule has 0 saturated heterocycles. The van der Waals surface area contributed by atoms with Gasteiger partial charge in [-0.1, -0.05) is 72.8 Å². The van der Waals surface area contributed by atoms with Crippen LogP contribution in [-0.2, 0) is 17.2 Å². The summed E-state index contributed by atoms with van der Waals surface area (Å²) in [5.41, 5.74) is 3.34. The Morgan fingerprint density at radius 2 is 1.48 bits per heavy atom. The van der Waals surface area contributed by atoms with Gasteiger partial charge in [-0.2, -0.15) is 0 Å². The summed E-state index contributed by atoms with van der Waals surface area (Å²) in [6, 6.07) is 27.9. The molecule has 0 aliphatic rings. The zero-order chi connectivity index (χ0) is 18.9. The van der Waals surface area contributed by atoms with E-state index in [4.69, 9.17) is 4.74 Å². The summed E-state index contributed by atoms with van der Waals surface area (Å²) in [6.07, 6.45) is 0.118. The number of aliphatic carboxylic acids is 1. The summed E-state index contributed by atoms with van der Waals surface area (Å²) in [6.45, 7) is 0.545. The minimum absolute atomic E-state index is 0.0577. The van der Waals surface area contributed by atoms with Crippen molar-refractivity contribution in [3.05, 3.63) is 102 Å². The Kier molecular flexibility index (Phi) is 6.94.